The molecule has 1 aromatic carbocycles. The van der Waals surface area contributed by atoms with Gasteiger partial charge >= 0.3 is 0 Å². The molecule has 0 bridgehead atoms. The van der Waals surface area contributed by atoms with Crippen LogP contribution in [0.4, 0.5) is 4.39 Å². The molecule has 4 rings (SSSR count). The molecule has 2 heterocycles. The summed E-state index contributed by atoms with van der Waals surface area (Å²) in [5.41, 5.74) is 0.269. The zero-order chi connectivity index (χ0) is 18.1. The minimum atomic E-state index is -0.560. The van der Waals surface area contributed by atoms with E-state index in [1.807, 2.05) is 17.9 Å². The molecule has 2 fully saturated rings. The molecule has 1 aliphatic heterocycles. The number of hydrogen-bond acceptors (Lipinski definition) is 4. The Morgan fingerprint density at radius 1 is 1.27 bits per heavy atom. The van der Waals surface area contributed by atoms with Gasteiger partial charge in [0.15, 0.2) is 5.82 Å². The summed E-state index contributed by atoms with van der Waals surface area (Å²) in [5, 5.41) is 3.87. The van der Waals surface area contributed by atoms with Crippen LogP contribution in [0.25, 0.3) is 0 Å². The maximum atomic E-state index is 13.8. The molecule has 0 atom stereocenters. The number of aryl methyl sites for hydroxylation is 1. The van der Waals surface area contributed by atoms with Crippen LogP contribution >= 0.6 is 0 Å². The summed E-state index contributed by atoms with van der Waals surface area (Å²) in [7, 11) is 0. The van der Waals surface area contributed by atoms with Gasteiger partial charge in [-0.25, -0.2) is 4.39 Å². The largest absolute Gasteiger partial charge is 0.342 e. The molecule has 0 spiro atoms. The predicted molar refractivity (Wildman–Crippen MR) is 94.1 cm³/mol. The van der Waals surface area contributed by atoms with Crippen molar-refractivity contribution >= 4 is 5.91 Å². The van der Waals surface area contributed by atoms with Crippen molar-refractivity contribution in [3.63, 3.8) is 0 Å². The van der Waals surface area contributed by atoms with E-state index in [0.29, 0.717) is 24.8 Å². The molecule has 1 aliphatic carbocycles. The summed E-state index contributed by atoms with van der Waals surface area (Å²) in [4.78, 5) is 19.7. The second kappa shape index (κ2) is 6.82. The molecular formula is C20H24FN3O2. The number of carbonyl (C=O) groups is 1. The summed E-state index contributed by atoms with van der Waals surface area (Å²) in [6.45, 7) is 3.18. The van der Waals surface area contributed by atoms with Crippen molar-refractivity contribution in [2.45, 2.75) is 56.8 Å². The van der Waals surface area contributed by atoms with Gasteiger partial charge in [-0.05, 0) is 50.3 Å². The molecular weight excluding hydrogens is 333 g/mol. The smallest absolute Gasteiger partial charge is 0.233 e. The first kappa shape index (κ1) is 17.2. The van der Waals surface area contributed by atoms with Crippen molar-refractivity contribution in [2.24, 2.45) is 0 Å². The zero-order valence-corrected chi connectivity index (χ0v) is 15.1. The number of amides is 1. The van der Waals surface area contributed by atoms with E-state index in [1.165, 1.54) is 12.1 Å². The highest BCUT2D eigenvalue weighted by Gasteiger charge is 2.45. The molecule has 138 valence electrons. The van der Waals surface area contributed by atoms with Gasteiger partial charge < -0.3 is 9.42 Å². The number of likely N-dealkylation sites (tertiary alicyclic amines) is 1. The number of carbonyl (C=O) groups excluding carboxylic acids is 1. The third-order valence-electron chi connectivity index (χ3n) is 5.92. The van der Waals surface area contributed by atoms with Crippen molar-refractivity contribution in [2.75, 3.05) is 13.1 Å². The highest BCUT2D eigenvalue weighted by atomic mass is 19.1. The second-order valence-corrected chi connectivity index (χ2v) is 7.55. The Hall–Kier alpha value is -2.24. The Kier molecular flexibility index (Phi) is 4.51. The lowest BCUT2D eigenvalue weighted by Gasteiger charge is -2.38. The van der Waals surface area contributed by atoms with E-state index < -0.39 is 5.41 Å². The van der Waals surface area contributed by atoms with Crippen LogP contribution in [0.15, 0.2) is 28.8 Å². The molecule has 1 aromatic heterocycles. The lowest BCUT2D eigenvalue weighted by atomic mass is 9.77. The Bertz CT molecular complexity index is 790. The Labute approximate surface area is 152 Å². The monoisotopic (exact) mass is 357 g/mol. The minimum absolute atomic E-state index is 0.153. The summed E-state index contributed by atoms with van der Waals surface area (Å²) in [6, 6.07) is 6.59. The number of hydrogen-bond donors (Lipinski definition) is 0. The van der Waals surface area contributed by atoms with Gasteiger partial charge in [0.2, 0.25) is 11.8 Å². The fraction of sp³-hybridized carbons (Fsp3) is 0.550. The number of aromatic nitrogens is 2. The molecule has 1 saturated heterocycles. The quantitative estimate of drug-likeness (QED) is 0.840. The molecule has 2 aromatic rings. The van der Waals surface area contributed by atoms with Gasteiger partial charge in [-0.15, -0.1) is 0 Å². The van der Waals surface area contributed by atoms with Crippen LogP contribution in [0.5, 0.6) is 0 Å². The number of piperidine rings is 1. The molecule has 1 amide bonds. The van der Waals surface area contributed by atoms with Crippen LogP contribution < -0.4 is 0 Å². The zero-order valence-electron chi connectivity index (χ0n) is 15.1. The fourth-order valence-electron chi connectivity index (χ4n) is 4.50. The van der Waals surface area contributed by atoms with Crippen LogP contribution in [-0.2, 0) is 10.2 Å². The molecule has 2 aliphatic rings. The van der Waals surface area contributed by atoms with Gasteiger partial charge in [-0.3, -0.25) is 4.79 Å². The van der Waals surface area contributed by atoms with Gasteiger partial charge in [0.05, 0.1) is 5.41 Å². The van der Waals surface area contributed by atoms with E-state index >= 15 is 0 Å². The van der Waals surface area contributed by atoms with Gasteiger partial charge in [0.1, 0.15) is 5.82 Å². The van der Waals surface area contributed by atoms with E-state index in [9.17, 15) is 9.18 Å². The minimum Gasteiger partial charge on any atom is -0.342 e. The summed E-state index contributed by atoms with van der Waals surface area (Å²) < 4.78 is 19.1. The average molecular weight is 357 g/mol. The molecule has 0 unspecified atom stereocenters. The maximum absolute atomic E-state index is 13.8. The first-order valence-electron chi connectivity index (χ1n) is 9.44. The van der Waals surface area contributed by atoms with Crippen LogP contribution in [0, 0.1) is 12.7 Å². The molecule has 26 heavy (non-hydrogen) atoms. The van der Waals surface area contributed by atoms with Crippen molar-refractivity contribution < 1.29 is 13.7 Å². The predicted octanol–water partition coefficient (Wildman–Crippen LogP) is 3.74. The SMILES string of the molecule is Cc1noc(C2CCN(C(=O)C3(c4cccc(F)c4)CCCC3)CC2)n1. The van der Waals surface area contributed by atoms with E-state index in [4.69, 9.17) is 4.52 Å². The average Bonchev–Trinajstić information content (AvgIpc) is 3.31. The Morgan fingerprint density at radius 2 is 2.00 bits per heavy atom. The van der Waals surface area contributed by atoms with Crippen LogP contribution in [0.1, 0.15) is 61.7 Å². The molecule has 0 radical (unpaired) electrons. The van der Waals surface area contributed by atoms with Crippen molar-refractivity contribution in [3.05, 3.63) is 47.4 Å². The van der Waals surface area contributed by atoms with Gasteiger partial charge in [0.25, 0.3) is 0 Å². The number of nitrogens with zero attached hydrogens (tertiary/aromatic N) is 3. The standard InChI is InChI=1S/C20H24FN3O2/c1-14-22-18(26-23-14)15-7-11-24(12-8-15)19(25)20(9-2-3-10-20)16-5-4-6-17(21)13-16/h4-6,13,15H,2-3,7-12H2,1H3. The Morgan fingerprint density at radius 3 is 2.62 bits per heavy atom. The van der Waals surface area contributed by atoms with E-state index in [2.05, 4.69) is 10.1 Å². The second-order valence-electron chi connectivity index (χ2n) is 7.55. The van der Waals surface area contributed by atoms with Crippen LogP contribution in [-0.4, -0.2) is 34.0 Å². The van der Waals surface area contributed by atoms with Gasteiger partial charge in [0, 0.05) is 19.0 Å². The van der Waals surface area contributed by atoms with Crippen LogP contribution in [0.2, 0.25) is 0 Å². The lowest BCUT2D eigenvalue weighted by Crippen LogP contribution is -2.48. The van der Waals surface area contributed by atoms with Crippen molar-refractivity contribution in [1.29, 1.82) is 0 Å². The third-order valence-corrected chi connectivity index (χ3v) is 5.92. The highest BCUT2D eigenvalue weighted by molar-refractivity contribution is 5.88. The van der Waals surface area contributed by atoms with E-state index in [0.717, 1.165) is 44.1 Å². The molecule has 1 saturated carbocycles. The number of benzene rings is 1. The molecule has 6 heteroatoms. The maximum Gasteiger partial charge on any atom is 0.233 e. The molecule has 5 nitrogen and oxygen atoms in total. The number of halogens is 1. The Balaban J connectivity index is 1.51. The van der Waals surface area contributed by atoms with Crippen molar-refractivity contribution in [3.8, 4) is 0 Å². The fourth-order valence-corrected chi connectivity index (χ4v) is 4.50. The van der Waals surface area contributed by atoms with E-state index in [1.54, 1.807) is 6.07 Å². The lowest BCUT2D eigenvalue weighted by molar-refractivity contribution is -0.138. The summed E-state index contributed by atoms with van der Waals surface area (Å²) in [5.74, 6) is 1.42. The van der Waals surface area contributed by atoms with Gasteiger partial charge in [-0.2, -0.15) is 4.98 Å². The molecule has 0 N–H and O–H groups in total. The van der Waals surface area contributed by atoms with Crippen LogP contribution in [0.3, 0.4) is 0 Å². The first-order chi connectivity index (χ1) is 12.6. The van der Waals surface area contributed by atoms with Crippen molar-refractivity contribution in [1.82, 2.24) is 15.0 Å². The normalized spacial score (nSPS) is 20.5. The number of rotatable bonds is 3. The third kappa shape index (κ3) is 3.02. The van der Waals surface area contributed by atoms with E-state index in [-0.39, 0.29) is 17.6 Å². The first-order valence-corrected chi connectivity index (χ1v) is 9.44. The summed E-state index contributed by atoms with van der Waals surface area (Å²) in [6.07, 6.45) is 5.29. The topological polar surface area (TPSA) is 59.2 Å². The van der Waals surface area contributed by atoms with Gasteiger partial charge in [-0.1, -0.05) is 30.1 Å². The summed E-state index contributed by atoms with van der Waals surface area (Å²) >= 11 is 0. The highest BCUT2D eigenvalue weighted by Crippen LogP contribution is 2.43.